The summed E-state index contributed by atoms with van der Waals surface area (Å²) in [5.41, 5.74) is 1.25. The third-order valence-electron chi connectivity index (χ3n) is 2.01. The summed E-state index contributed by atoms with van der Waals surface area (Å²) >= 11 is 3.34. The van der Waals surface area contributed by atoms with E-state index < -0.39 is 0 Å². The van der Waals surface area contributed by atoms with Gasteiger partial charge in [-0.15, -0.1) is 0 Å². The van der Waals surface area contributed by atoms with Gasteiger partial charge in [-0.05, 0) is 42.8 Å². The minimum atomic E-state index is -0.114. The molecular formula is C11H16BrN3O. The van der Waals surface area contributed by atoms with E-state index in [0.717, 1.165) is 10.0 Å². The van der Waals surface area contributed by atoms with Gasteiger partial charge in [0.2, 0.25) is 0 Å². The van der Waals surface area contributed by atoms with Crippen molar-refractivity contribution < 1.29 is 4.74 Å². The van der Waals surface area contributed by atoms with Crippen molar-refractivity contribution in [2.24, 2.45) is 0 Å². The summed E-state index contributed by atoms with van der Waals surface area (Å²) in [7, 11) is 0. The zero-order valence-corrected chi connectivity index (χ0v) is 11.3. The lowest BCUT2D eigenvalue weighted by molar-refractivity contribution is 0.0958. The molecule has 0 aliphatic carbocycles. The van der Waals surface area contributed by atoms with Crippen LogP contribution in [0.5, 0.6) is 0 Å². The van der Waals surface area contributed by atoms with Crippen LogP contribution in [-0.2, 0) is 4.74 Å². The Morgan fingerprint density at radius 1 is 1.69 bits per heavy atom. The second kappa shape index (κ2) is 5.96. The fraction of sp³-hybridized carbons (Fsp3) is 0.455. The van der Waals surface area contributed by atoms with Crippen LogP contribution in [0.2, 0.25) is 0 Å². The number of ether oxygens (including phenoxy) is 1. The smallest absolute Gasteiger partial charge is 0.137 e. The van der Waals surface area contributed by atoms with Crippen LogP contribution in [0, 0.1) is 5.41 Å². The Kier molecular flexibility index (Phi) is 4.89. The van der Waals surface area contributed by atoms with E-state index in [-0.39, 0.29) is 6.23 Å². The molecule has 88 valence electrons. The number of anilines is 1. The maximum Gasteiger partial charge on any atom is 0.137 e. The van der Waals surface area contributed by atoms with Crippen molar-refractivity contribution in [3.05, 3.63) is 22.3 Å². The summed E-state index contributed by atoms with van der Waals surface area (Å²) in [6.45, 7) is 6.23. The van der Waals surface area contributed by atoms with Crippen LogP contribution < -0.4 is 5.32 Å². The molecule has 16 heavy (non-hydrogen) atoms. The van der Waals surface area contributed by atoms with Gasteiger partial charge < -0.3 is 15.5 Å². The lowest BCUT2D eigenvalue weighted by Gasteiger charge is -2.16. The number of halogens is 1. The van der Waals surface area contributed by atoms with E-state index in [1.807, 2.05) is 19.9 Å². The summed E-state index contributed by atoms with van der Waals surface area (Å²) in [6, 6.07) is 1.87. The fourth-order valence-corrected chi connectivity index (χ4v) is 1.66. The molecule has 0 saturated heterocycles. The molecule has 0 radical (unpaired) electrons. The first-order valence-corrected chi connectivity index (χ1v) is 5.93. The molecule has 0 saturated carbocycles. The van der Waals surface area contributed by atoms with E-state index in [2.05, 4.69) is 26.2 Å². The standard InChI is InChI=1S/C11H16BrN3O/c1-4-16-8(3)15-11-10(7(2)13)5-9(12)6-14-11/h5-6,8,13H,4H2,1-3H3,(H,14,15). The average Bonchev–Trinajstić information content (AvgIpc) is 2.20. The number of nitrogens with zero attached hydrogens (tertiary/aromatic N) is 1. The molecule has 0 amide bonds. The first kappa shape index (κ1) is 13.1. The van der Waals surface area contributed by atoms with Crippen LogP contribution in [0.1, 0.15) is 26.3 Å². The van der Waals surface area contributed by atoms with Crippen molar-refractivity contribution >= 4 is 27.5 Å². The van der Waals surface area contributed by atoms with Crippen molar-refractivity contribution in [1.29, 1.82) is 5.41 Å². The molecular weight excluding hydrogens is 270 g/mol. The Morgan fingerprint density at radius 2 is 2.38 bits per heavy atom. The summed E-state index contributed by atoms with van der Waals surface area (Å²) in [5, 5.41) is 10.8. The van der Waals surface area contributed by atoms with Crippen molar-refractivity contribution in [3.8, 4) is 0 Å². The minimum absolute atomic E-state index is 0.114. The molecule has 1 heterocycles. The SMILES string of the molecule is CCOC(C)Nc1ncc(Br)cc1C(C)=N. The van der Waals surface area contributed by atoms with E-state index in [1.165, 1.54) is 0 Å². The normalized spacial score (nSPS) is 12.2. The number of nitrogens with one attached hydrogen (secondary N) is 2. The predicted molar refractivity (Wildman–Crippen MR) is 69.2 cm³/mol. The Bertz CT molecular complexity index is 381. The minimum Gasteiger partial charge on any atom is -0.359 e. The fourth-order valence-electron chi connectivity index (χ4n) is 1.32. The molecule has 0 aromatic carbocycles. The van der Waals surface area contributed by atoms with Gasteiger partial charge in [0.1, 0.15) is 12.0 Å². The quantitative estimate of drug-likeness (QED) is 0.646. The predicted octanol–water partition coefficient (Wildman–Crippen LogP) is 3.03. The molecule has 0 bridgehead atoms. The third kappa shape index (κ3) is 3.57. The van der Waals surface area contributed by atoms with Crippen molar-refractivity contribution in [2.75, 3.05) is 11.9 Å². The van der Waals surface area contributed by atoms with Gasteiger partial charge in [-0.2, -0.15) is 0 Å². The number of aromatic nitrogens is 1. The Labute approximate surface area is 104 Å². The summed E-state index contributed by atoms with van der Waals surface area (Å²) < 4.78 is 6.24. The molecule has 0 aliphatic heterocycles. The van der Waals surface area contributed by atoms with Crippen molar-refractivity contribution in [1.82, 2.24) is 4.98 Å². The third-order valence-corrected chi connectivity index (χ3v) is 2.45. The molecule has 0 fully saturated rings. The van der Waals surface area contributed by atoms with Crippen molar-refractivity contribution in [3.63, 3.8) is 0 Å². The highest BCUT2D eigenvalue weighted by Gasteiger charge is 2.09. The first-order chi connectivity index (χ1) is 7.54. The van der Waals surface area contributed by atoms with Crippen LogP contribution in [0.3, 0.4) is 0 Å². The Hall–Kier alpha value is -0.940. The van der Waals surface area contributed by atoms with E-state index in [0.29, 0.717) is 18.1 Å². The van der Waals surface area contributed by atoms with Crippen LogP contribution in [-0.4, -0.2) is 23.5 Å². The molecule has 1 aromatic rings. The molecule has 4 nitrogen and oxygen atoms in total. The van der Waals surface area contributed by atoms with E-state index in [4.69, 9.17) is 10.1 Å². The molecule has 2 N–H and O–H groups in total. The number of pyridine rings is 1. The summed E-state index contributed by atoms with van der Waals surface area (Å²) in [6.07, 6.45) is 1.59. The van der Waals surface area contributed by atoms with Gasteiger partial charge >= 0.3 is 0 Å². The van der Waals surface area contributed by atoms with Gasteiger partial charge in [0.05, 0.1) is 0 Å². The zero-order chi connectivity index (χ0) is 12.1. The van der Waals surface area contributed by atoms with Gasteiger partial charge in [-0.1, -0.05) is 0 Å². The molecule has 1 unspecified atom stereocenters. The molecule has 1 aromatic heterocycles. The summed E-state index contributed by atoms with van der Waals surface area (Å²) in [5.74, 6) is 0.677. The molecule has 1 atom stereocenters. The molecule has 5 heteroatoms. The van der Waals surface area contributed by atoms with Crippen molar-refractivity contribution in [2.45, 2.75) is 27.0 Å². The van der Waals surface area contributed by atoms with E-state index in [1.54, 1.807) is 13.1 Å². The lowest BCUT2D eigenvalue weighted by Crippen LogP contribution is -2.21. The van der Waals surface area contributed by atoms with E-state index in [9.17, 15) is 0 Å². The zero-order valence-electron chi connectivity index (χ0n) is 9.67. The molecule has 0 spiro atoms. The highest BCUT2D eigenvalue weighted by atomic mass is 79.9. The molecule has 0 aliphatic rings. The maximum atomic E-state index is 7.68. The number of hydrogen-bond acceptors (Lipinski definition) is 4. The number of rotatable bonds is 5. The second-order valence-corrected chi connectivity index (χ2v) is 4.33. The largest absolute Gasteiger partial charge is 0.359 e. The van der Waals surface area contributed by atoms with E-state index >= 15 is 0 Å². The Balaban J connectivity index is 2.90. The number of hydrogen-bond donors (Lipinski definition) is 2. The van der Waals surface area contributed by atoms with Crippen LogP contribution in [0.4, 0.5) is 5.82 Å². The maximum absolute atomic E-state index is 7.68. The van der Waals surface area contributed by atoms with Gasteiger partial charge in [-0.3, -0.25) is 0 Å². The first-order valence-electron chi connectivity index (χ1n) is 5.13. The second-order valence-electron chi connectivity index (χ2n) is 3.42. The van der Waals surface area contributed by atoms with Gasteiger partial charge in [0.15, 0.2) is 0 Å². The topological polar surface area (TPSA) is 58.0 Å². The highest BCUT2D eigenvalue weighted by Crippen LogP contribution is 2.19. The van der Waals surface area contributed by atoms with Crippen LogP contribution in [0.25, 0.3) is 0 Å². The van der Waals surface area contributed by atoms with Crippen LogP contribution in [0.15, 0.2) is 16.7 Å². The summed E-state index contributed by atoms with van der Waals surface area (Å²) in [4.78, 5) is 4.24. The average molecular weight is 286 g/mol. The Morgan fingerprint density at radius 3 is 2.94 bits per heavy atom. The van der Waals surface area contributed by atoms with Gasteiger partial charge in [0, 0.05) is 28.6 Å². The molecule has 1 rings (SSSR count). The highest BCUT2D eigenvalue weighted by molar-refractivity contribution is 9.10. The van der Waals surface area contributed by atoms with Crippen LogP contribution >= 0.6 is 15.9 Å². The van der Waals surface area contributed by atoms with Gasteiger partial charge in [0.25, 0.3) is 0 Å². The lowest BCUT2D eigenvalue weighted by atomic mass is 10.2. The monoisotopic (exact) mass is 285 g/mol. The van der Waals surface area contributed by atoms with Gasteiger partial charge in [-0.25, -0.2) is 4.98 Å².